The smallest absolute Gasteiger partial charge is 0.189 e. The predicted molar refractivity (Wildman–Crippen MR) is 99.3 cm³/mol. The molecule has 0 aliphatic rings. The van der Waals surface area contributed by atoms with E-state index in [0.717, 1.165) is 17.6 Å². The molecule has 128 valence electrons. The van der Waals surface area contributed by atoms with Gasteiger partial charge in [-0.3, -0.25) is 0 Å². The zero-order chi connectivity index (χ0) is 17.8. The van der Waals surface area contributed by atoms with Gasteiger partial charge in [0, 0.05) is 19.7 Å². The minimum absolute atomic E-state index is 0.575. The number of fused-ring (bicyclic) bond motifs is 1. The molecule has 0 aliphatic carbocycles. The number of hydrogen-bond donors (Lipinski definition) is 2. The fraction of sp³-hybridized carbons (Fsp3) is 0.294. The van der Waals surface area contributed by atoms with Gasteiger partial charge in [-0.1, -0.05) is 30.8 Å². The maximum atomic E-state index is 9.81. The lowest BCUT2D eigenvalue weighted by Crippen LogP contribution is -2.22. The lowest BCUT2D eigenvalue weighted by atomic mass is 10.1. The standard InChI is InChI=1S/C17H19N7S/c1-4-19-23-15-9-13(21-17(22-15)25-3)11(10-18)16-20-12-7-5-6-8-14(12)24(16)2/h5-9,11,19H,4H2,1-3H3,(H,21,22,23)/t11-/m1/s1. The average molecular weight is 353 g/mol. The fourth-order valence-electron chi connectivity index (χ4n) is 2.60. The molecule has 0 bridgehead atoms. The van der Waals surface area contributed by atoms with E-state index in [4.69, 9.17) is 0 Å². The van der Waals surface area contributed by atoms with Crippen molar-refractivity contribution in [3.8, 4) is 6.07 Å². The van der Waals surface area contributed by atoms with Crippen LogP contribution in [-0.4, -0.2) is 32.3 Å². The first-order chi connectivity index (χ1) is 12.2. The lowest BCUT2D eigenvalue weighted by molar-refractivity contribution is 0.760. The van der Waals surface area contributed by atoms with E-state index in [-0.39, 0.29) is 0 Å². The minimum Gasteiger partial charge on any atom is -0.330 e. The molecule has 0 unspecified atom stereocenters. The van der Waals surface area contributed by atoms with Gasteiger partial charge in [0.25, 0.3) is 0 Å². The highest BCUT2D eigenvalue weighted by Gasteiger charge is 2.23. The van der Waals surface area contributed by atoms with Crippen LogP contribution in [0.4, 0.5) is 5.82 Å². The highest BCUT2D eigenvalue weighted by Crippen LogP contribution is 2.27. The Morgan fingerprint density at radius 3 is 2.76 bits per heavy atom. The van der Waals surface area contributed by atoms with E-state index < -0.39 is 5.92 Å². The second-order valence-electron chi connectivity index (χ2n) is 5.40. The number of nitrogens with one attached hydrogen (secondary N) is 2. The summed E-state index contributed by atoms with van der Waals surface area (Å²) in [5.41, 5.74) is 8.53. The number of nitriles is 1. The monoisotopic (exact) mass is 353 g/mol. The molecular formula is C17H19N7S. The van der Waals surface area contributed by atoms with Crippen LogP contribution in [0.15, 0.2) is 35.5 Å². The molecule has 1 aromatic carbocycles. The first kappa shape index (κ1) is 17.2. The molecule has 0 spiro atoms. The Bertz CT molecular complexity index is 928. The Morgan fingerprint density at radius 1 is 1.28 bits per heavy atom. The Labute approximate surface area is 150 Å². The first-order valence-electron chi connectivity index (χ1n) is 7.90. The maximum Gasteiger partial charge on any atom is 0.189 e. The van der Waals surface area contributed by atoms with Crippen LogP contribution in [0.2, 0.25) is 0 Å². The molecule has 0 aliphatic heterocycles. The molecule has 0 saturated carbocycles. The van der Waals surface area contributed by atoms with E-state index in [1.807, 2.05) is 49.1 Å². The van der Waals surface area contributed by atoms with Crippen LogP contribution in [0.25, 0.3) is 11.0 Å². The van der Waals surface area contributed by atoms with Crippen LogP contribution < -0.4 is 10.9 Å². The van der Waals surface area contributed by atoms with Gasteiger partial charge in [-0.05, 0) is 18.4 Å². The quantitative estimate of drug-likeness (QED) is 0.400. The van der Waals surface area contributed by atoms with Crippen LogP contribution >= 0.6 is 11.8 Å². The van der Waals surface area contributed by atoms with Gasteiger partial charge < -0.3 is 9.99 Å². The molecule has 25 heavy (non-hydrogen) atoms. The van der Waals surface area contributed by atoms with Crippen molar-refractivity contribution in [3.05, 3.63) is 41.9 Å². The van der Waals surface area contributed by atoms with Crippen LogP contribution in [0.5, 0.6) is 0 Å². The SMILES string of the molecule is CCNNc1cc([C@@H](C#N)c2nc3ccccc3n2C)nc(SC)n1. The number of aromatic nitrogens is 4. The van der Waals surface area contributed by atoms with Gasteiger partial charge in [-0.15, -0.1) is 0 Å². The summed E-state index contributed by atoms with van der Waals surface area (Å²) in [5, 5.41) is 10.4. The average Bonchev–Trinajstić information content (AvgIpc) is 2.97. The topological polar surface area (TPSA) is 91.4 Å². The van der Waals surface area contributed by atoms with Crippen molar-refractivity contribution in [1.82, 2.24) is 24.9 Å². The van der Waals surface area contributed by atoms with Gasteiger partial charge >= 0.3 is 0 Å². The third-order valence-corrected chi connectivity index (χ3v) is 4.35. The summed E-state index contributed by atoms with van der Waals surface area (Å²) in [7, 11) is 1.92. The number of rotatable bonds is 6. The van der Waals surface area contributed by atoms with E-state index in [0.29, 0.717) is 22.5 Å². The summed E-state index contributed by atoms with van der Waals surface area (Å²) in [5.74, 6) is 0.729. The molecule has 0 saturated heterocycles. The third-order valence-electron chi connectivity index (χ3n) is 3.81. The molecule has 3 aromatic rings. The van der Waals surface area contributed by atoms with Crippen LogP contribution in [-0.2, 0) is 7.05 Å². The van der Waals surface area contributed by atoms with Crippen LogP contribution in [0.3, 0.4) is 0 Å². The number of anilines is 1. The number of para-hydroxylation sites is 2. The van der Waals surface area contributed by atoms with Crippen molar-refractivity contribution >= 4 is 28.6 Å². The van der Waals surface area contributed by atoms with E-state index in [2.05, 4.69) is 31.9 Å². The molecule has 8 heteroatoms. The maximum absolute atomic E-state index is 9.81. The van der Waals surface area contributed by atoms with E-state index >= 15 is 0 Å². The molecule has 0 fully saturated rings. The largest absolute Gasteiger partial charge is 0.330 e. The van der Waals surface area contributed by atoms with Gasteiger partial charge in [0.15, 0.2) is 5.16 Å². The van der Waals surface area contributed by atoms with Crippen molar-refractivity contribution < 1.29 is 0 Å². The Hall–Kier alpha value is -2.63. The highest BCUT2D eigenvalue weighted by molar-refractivity contribution is 7.98. The molecule has 0 amide bonds. The zero-order valence-electron chi connectivity index (χ0n) is 14.3. The van der Waals surface area contributed by atoms with Gasteiger partial charge in [-0.2, -0.15) is 5.26 Å². The fourth-order valence-corrected chi connectivity index (χ4v) is 2.99. The van der Waals surface area contributed by atoms with E-state index in [9.17, 15) is 5.26 Å². The number of thioether (sulfide) groups is 1. The number of benzene rings is 1. The second-order valence-corrected chi connectivity index (χ2v) is 6.17. The molecule has 7 nitrogen and oxygen atoms in total. The van der Waals surface area contributed by atoms with E-state index in [1.165, 1.54) is 11.8 Å². The summed E-state index contributed by atoms with van der Waals surface area (Å²) in [6.45, 7) is 2.74. The van der Waals surface area contributed by atoms with Gasteiger partial charge in [-0.25, -0.2) is 20.4 Å². The lowest BCUT2D eigenvalue weighted by Gasteiger charge is -2.12. The first-order valence-corrected chi connectivity index (χ1v) is 9.13. The number of nitrogens with zero attached hydrogens (tertiary/aromatic N) is 5. The molecule has 3 rings (SSSR count). The summed E-state index contributed by atoms with van der Waals surface area (Å²) in [6.07, 6.45) is 1.91. The van der Waals surface area contributed by atoms with Crippen LogP contribution in [0.1, 0.15) is 24.4 Å². The normalized spacial score (nSPS) is 12.1. The summed E-state index contributed by atoms with van der Waals surface area (Å²) in [6, 6.07) is 12.0. The van der Waals surface area contributed by atoms with Crippen molar-refractivity contribution in [2.45, 2.75) is 18.0 Å². The number of hydrazine groups is 1. The minimum atomic E-state index is -0.575. The van der Waals surface area contributed by atoms with Gasteiger partial charge in [0.05, 0.1) is 22.8 Å². The third kappa shape index (κ3) is 3.43. The molecule has 2 aromatic heterocycles. The Balaban J connectivity index is 2.08. The molecule has 1 atom stereocenters. The molecular weight excluding hydrogens is 334 g/mol. The Kier molecular flexibility index (Phi) is 5.16. The predicted octanol–water partition coefficient (Wildman–Crippen LogP) is 2.68. The van der Waals surface area contributed by atoms with Gasteiger partial charge in [0.2, 0.25) is 0 Å². The second kappa shape index (κ2) is 7.51. The summed E-state index contributed by atoms with van der Waals surface area (Å²) >= 11 is 1.44. The molecule has 0 radical (unpaired) electrons. The number of hydrogen-bond acceptors (Lipinski definition) is 7. The summed E-state index contributed by atoms with van der Waals surface area (Å²) in [4.78, 5) is 13.6. The van der Waals surface area contributed by atoms with Crippen molar-refractivity contribution in [3.63, 3.8) is 0 Å². The van der Waals surface area contributed by atoms with E-state index in [1.54, 1.807) is 6.07 Å². The number of imidazole rings is 1. The Morgan fingerprint density at radius 2 is 2.08 bits per heavy atom. The van der Waals surface area contributed by atoms with Crippen molar-refractivity contribution in [2.24, 2.45) is 7.05 Å². The highest BCUT2D eigenvalue weighted by atomic mass is 32.2. The van der Waals surface area contributed by atoms with Crippen LogP contribution in [0, 0.1) is 11.3 Å². The zero-order valence-corrected chi connectivity index (χ0v) is 15.1. The van der Waals surface area contributed by atoms with Crippen molar-refractivity contribution in [1.29, 1.82) is 5.26 Å². The molecule has 2 heterocycles. The van der Waals surface area contributed by atoms with Crippen molar-refractivity contribution in [2.75, 3.05) is 18.2 Å². The summed E-state index contributed by atoms with van der Waals surface area (Å²) < 4.78 is 1.95. The number of aryl methyl sites for hydroxylation is 1. The van der Waals surface area contributed by atoms with Gasteiger partial charge in [0.1, 0.15) is 17.6 Å². The molecule has 2 N–H and O–H groups in total.